The number of carbonyl (C=O) groups excluding carboxylic acids is 2. The van der Waals surface area contributed by atoms with Crippen LogP contribution in [0.3, 0.4) is 0 Å². The van der Waals surface area contributed by atoms with Crippen molar-refractivity contribution in [3.63, 3.8) is 0 Å². The van der Waals surface area contributed by atoms with E-state index >= 15 is 0 Å². The van der Waals surface area contributed by atoms with Crippen LogP contribution in [0.15, 0.2) is 0 Å². The molecule has 1 aliphatic heterocycles. The van der Waals surface area contributed by atoms with Crippen LogP contribution in [-0.4, -0.2) is 41.3 Å². The third-order valence-corrected chi connectivity index (χ3v) is 3.33. The summed E-state index contributed by atoms with van der Waals surface area (Å²) in [7, 11) is 1.74. The maximum atomic E-state index is 11.9. The van der Waals surface area contributed by atoms with Crippen LogP contribution in [0, 0.1) is 5.92 Å². The topological polar surface area (TPSA) is 75.4 Å². The Bertz CT molecular complexity index is 333. The summed E-state index contributed by atoms with van der Waals surface area (Å²) in [5.74, 6) is -0.419. The van der Waals surface area contributed by atoms with Gasteiger partial charge in [0.25, 0.3) is 0 Å². The molecular weight excluding hydrogens is 238 g/mol. The number of likely N-dealkylation sites (tertiary alicyclic amines) is 1. The molecule has 2 amide bonds. The van der Waals surface area contributed by atoms with Crippen molar-refractivity contribution >= 4 is 29.0 Å². The van der Waals surface area contributed by atoms with E-state index in [0.29, 0.717) is 25.8 Å². The molecule has 0 radical (unpaired) electrons. The minimum atomic E-state index is -0.409. The average molecular weight is 257 g/mol. The number of carbonyl (C=O) groups is 2. The van der Waals surface area contributed by atoms with Crippen molar-refractivity contribution in [3.05, 3.63) is 0 Å². The van der Waals surface area contributed by atoms with Gasteiger partial charge in [0.15, 0.2) is 0 Å². The predicted octanol–water partition coefficient (Wildman–Crippen LogP) is 0.0357. The second-order valence-electron chi connectivity index (χ2n) is 4.38. The molecule has 1 aliphatic rings. The van der Waals surface area contributed by atoms with Gasteiger partial charge in [-0.15, -0.1) is 0 Å². The van der Waals surface area contributed by atoms with E-state index in [-0.39, 0.29) is 22.8 Å². The summed E-state index contributed by atoms with van der Waals surface area (Å²) in [6.07, 6.45) is 1.76. The molecule has 2 unspecified atom stereocenters. The fraction of sp³-hybridized carbons (Fsp3) is 0.727. The molecule has 0 aromatic carbocycles. The largest absolute Gasteiger partial charge is 0.393 e. The Labute approximate surface area is 107 Å². The van der Waals surface area contributed by atoms with E-state index in [9.17, 15) is 9.59 Å². The summed E-state index contributed by atoms with van der Waals surface area (Å²) in [4.78, 5) is 25.0. The smallest absolute Gasteiger partial charge is 0.230 e. The van der Waals surface area contributed by atoms with E-state index in [1.165, 1.54) is 0 Å². The molecule has 0 aromatic heterocycles. The second kappa shape index (κ2) is 5.95. The summed E-state index contributed by atoms with van der Waals surface area (Å²) in [5, 5.41) is 2.90. The number of likely N-dealkylation sites (N-methyl/N-ethyl adjacent to an activating group) is 1. The first-order valence-electron chi connectivity index (χ1n) is 5.79. The van der Waals surface area contributed by atoms with Crippen molar-refractivity contribution in [2.45, 2.75) is 32.2 Å². The molecule has 0 aliphatic carbocycles. The number of nitrogens with zero attached hydrogens (tertiary/aromatic N) is 1. The molecule has 2 atom stereocenters. The van der Waals surface area contributed by atoms with Gasteiger partial charge >= 0.3 is 0 Å². The van der Waals surface area contributed by atoms with Gasteiger partial charge in [-0.05, 0) is 12.8 Å². The summed E-state index contributed by atoms with van der Waals surface area (Å²) < 4.78 is 0. The van der Waals surface area contributed by atoms with Crippen molar-refractivity contribution in [1.29, 1.82) is 0 Å². The highest BCUT2D eigenvalue weighted by Gasteiger charge is 2.27. The van der Waals surface area contributed by atoms with Crippen LogP contribution in [0.1, 0.15) is 26.2 Å². The highest BCUT2D eigenvalue weighted by Crippen LogP contribution is 2.11. The standard InChI is InChI=1S/C11H19N3O2S/c1-3-8(10(12)17)11(16)13-7-4-5-9(15)14(2)6-7/h7-8H,3-6H2,1-2H3,(H2,12,17)(H,13,16). The number of nitrogens with one attached hydrogen (secondary N) is 1. The monoisotopic (exact) mass is 257 g/mol. The van der Waals surface area contributed by atoms with E-state index in [2.05, 4.69) is 5.32 Å². The van der Waals surface area contributed by atoms with Crippen LogP contribution in [-0.2, 0) is 9.59 Å². The summed E-state index contributed by atoms with van der Waals surface area (Å²) in [5.41, 5.74) is 5.51. The van der Waals surface area contributed by atoms with Gasteiger partial charge in [0, 0.05) is 26.1 Å². The number of piperidine rings is 1. The van der Waals surface area contributed by atoms with Crippen molar-refractivity contribution in [2.24, 2.45) is 11.7 Å². The third kappa shape index (κ3) is 3.66. The number of hydrogen-bond acceptors (Lipinski definition) is 3. The van der Waals surface area contributed by atoms with E-state index in [1.54, 1.807) is 11.9 Å². The first kappa shape index (κ1) is 13.9. The van der Waals surface area contributed by atoms with Crippen LogP contribution in [0.5, 0.6) is 0 Å². The molecule has 1 rings (SSSR count). The van der Waals surface area contributed by atoms with Crippen LogP contribution < -0.4 is 11.1 Å². The zero-order valence-electron chi connectivity index (χ0n) is 10.2. The van der Waals surface area contributed by atoms with Gasteiger partial charge in [-0.1, -0.05) is 19.1 Å². The molecule has 96 valence electrons. The second-order valence-corrected chi connectivity index (χ2v) is 4.85. The first-order chi connectivity index (χ1) is 7.95. The summed E-state index contributed by atoms with van der Waals surface area (Å²) in [6.45, 7) is 2.43. The fourth-order valence-corrected chi connectivity index (χ4v) is 2.22. The highest BCUT2D eigenvalue weighted by molar-refractivity contribution is 7.80. The van der Waals surface area contributed by atoms with Crippen LogP contribution in [0.4, 0.5) is 0 Å². The molecule has 6 heteroatoms. The van der Waals surface area contributed by atoms with Gasteiger partial charge < -0.3 is 16.0 Å². The molecule has 0 aromatic rings. The zero-order chi connectivity index (χ0) is 13.0. The highest BCUT2D eigenvalue weighted by atomic mass is 32.1. The van der Waals surface area contributed by atoms with Gasteiger partial charge in [-0.3, -0.25) is 9.59 Å². The number of thiocarbonyl (C=S) groups is 1. The summed E-state index contributed by atoms with van der Waals surface area (Å²) >= 11 is 4.85. The number of rotatable bonds is 4. The number of hydrogen-bond donors (Lipinski definition) is 2. The van der Waals surface area contributed by atoms with Crippen molar-refractivity contribution < 1.29 is 9.59 Å². The predicted molar refractivity (Wildman–Crippen MR) is 69.4 cm³/mol. The molecule has 1 saturated heterocycles. The molecule has 1 fully saturated rings. The van der Waals surface area contributed by atoms with Gasteiger partial charge in [-0.2, -0.15) is 0 Å². The molecule has 0 spiro atoms. The minimum absolute atomic E-state index is 0.00796. The van der Waals surface area contributed by atoms with Crippen LogP contribution >= 0.6 is 12.2 Å². The Kier molecular flexibility index (Phi) is 4.86. The Morgan fingerprint density at radius 3 is 2.82 bits per heavy atom. The van der Waals surface area contributed by atoms with E-state index in [1.807, 2.05) is 6.92 Å². The molecule has 5 nitrogen and oxygen atoms in total. The molecular formula is C11H19N3O2S. The van der Waals surface area contributed by atoms with E-state index in [0.717, 1.165) is 0 Å². The quantitative estimate of drug-likeness (QED) is 0.697. The SMILES string of the molecule is CCC(C(=O)NC1CCC(=O)N(C)C1)C(N)=S. The van der Waals surface area contributed by atoms with Gasteiger partial charge in [0.2, 0.25) is 11.8 Å². The molecule has 0 saturated carbocycles. The molecule has 0 bridgehead atoms. The van der Waals surface area contributed by atoms with Crippen molar-refractivity contribution in [3.8, 4) is 0 Å². The Morgan fingerprint density at radius 1 is 1.71 bits per heavy atom. The van der Waals surface area contributed by atoms with Crippen LogP contribution in [0.2, 0.25) is 0 Å². The number of amides is 2. The summed E-state index contributed by atoms with van der Waals surface area (Å²) in [6, 6.07) is 0.00796. The average Bonchev–Trinajstić information content (AvgIpc) is 2.24. The maximum Gasteiger partial charge on any atom is 0.230 e. The molecule has 3 N–H and O–H groups in total. The molecule has 17 heavy (non-hydrogen) atoms. The van der Waals surface area contributed by atoms with E-state index < -0.39 is 5.92 Å². The normalized spacial score (nSPS) is 22.1. The third-order valence-electron chi connectivity index (χ3n) is 3.04. The Morgan fingerprint density at radius 2 is 2.35 bits per heavy atom. The van der Waals surface area contributed by atoms with Gasteiger partial charge in [0.1, 0.15) is 0 Å². The fourth-order valence-electron chi connectivity index (χ4n) is 1.95. The lowest BCUT2D eigenvalue weighted by atomic mass is 10.0. The van der Waals surface area contributed by atoms with E-state index in [4.69, 9.17) is 18.0 Å². The number of nitrogens with two attached hydrogens (primary N) is 1. The van der Waals surface area contributed by atoms with Crippen LogP contribution in [0.25, 0.3) is 0 Å². The Balaban J connectivity index is 2.51. The van der Waals surface area contributed by atoms with Crippen molar-refractivity contribution in [2.75, 3.05) is 13.6 Å². The lowest BCUT2D eigenvalue weighted by Crippen LogP contribution is -2.51. The zero-order valence-corrected chi connectivity index (χ0v) is 11.0. The lowest BCUT2D eigenvalue weighted by Gasteiger charge is -2.31. The molecule has 1 heterocycles. The maximum absolute atomic E-state index is 11.9. The minimum Gasteiger partial charge on any atom is -0.393 e. The Hall–Kier alpha value is -1.17. The van der Waals surface area contributed by atoms with Crippen molar-refractivity contribution in [1.82, 2.24) is 10.2 Å². The lowest BCUT2D eigenvalue weighted by molar-refractivity contribution is -0.134. The van der Waals surface area contributed by atoms with Gasteiger partial charge in [-0.25, -0.2) is 0 Å². The van der Waals surface area contributed by atoms with Gasteiger partial charge in [0.05, 0.1) is 10.9 Å². The first-order valence-corrected chi connectivity index (χ1v) is 6.20.